The van der Waals surface area contributed by atoms with Crippen LogP contribution in [-0.2, 0) is 0 Å². The zero-order valence-electron chi connectivity index (χ0n) is 9.70. The fourth-order valence-electron chi connectivity index (χ4n) is 2.37. The fourth-order valence-corrected chi connectivity index (χ4v) is 2.68. The second kappa shape index (κ2) is 5.48. The fraction of sp³-hybridized carbons (Fsp3) is 0.900. The average molecular weight is 248 g/mol. The third-order valence-electron chi connectivity index (χ3n) is 3.37. The maximum Gasteiger partial charge on any atom is 0.340 e. The van der Waals surface area contributed by atoms with Gasteiger partial charge in [0.1, 0.15) is 0 Å². The molecule has 1 aliphatic rings. The molecule has 1 unspecified atom stereocenters. The van der Waals surface area contributed by atoms with Gasteiger partial charge in [-0.25, -0.2) is 4.79 Å². The Morgan fingerprint density at radius 2 is 2.00 bits per heavy atom. The average Bonchev–Trinajstić information content (AvgIpc) is 2.30. The Bertz CT molecular complexity index is 265. The molecule has 1 atom stereocenters. The van der Waals surface area contributed by atoms with Gasteiger partial charge < -0.3 is 5.32 Å². The largest absolute Gasteiger partial charge is 0.340 e. The Balaban J connectivity index is 2.97. The number of amides is 2. The summed E-state index contributed by atoms with van der Waals surface area (Å²) in [5.41, 5.74) is -0.623. The van der Waals surface area contributed by atoms with Gasteiger partial charge in [0.15, 0.2) is 0 Å². The molecule has 0 bridgehead atoms. The van der Waals surface area contributed by atoms with Crippen LogP contribution < -0.4 is 5.32 Å². The number of rotatable bonds is 3. The summed E-state index contributed by atoms with van der Waals surface area (Å²) < 4.78 is 0. The van der Waals surface area contributed by atoms with Crippen LogP contribution >= 0.6 is 11.6 Å². The van der Waals surface area contributed by atoms with Gasteiger partial charge in [-0.3, -0.25) is 0 Å². The third-order valence-corrected chi connectivity index (χ3v) is 3.78. The Kier molecular flexibility index (Phi) is 4.53. The Hall–Kier alpha value is -0.840. The predicted octanol–water partition coefficient (Wildman–Crippen LogP) is 2.64. The monoisotopic (exact) mass is 247 g/mol. The van der Waals surface area contributed by atoms with E-state index in [4.69, 9.17) is 11.6 Å². The standard InChI is InChI=1S/C10H18ClN3O2/c1-8(11)10(6-4-3-5-7-10)14(13-16)9(15)12-2/h8H,3-7H2,1-2H3,(H,12,15). The highest BCUT2D eigenvalue weighted by atomic mass is 35.5. The summed E-state index contributed by atoms with van der Waals surface area (Å²) in [4.78, 5) is 22.5. The molecule has 0 aromatic heterocycles. The quantitative estimate of drug-likeness (QED) is 0.473. The number of hydrogen-bond acceptors (Lipinski definition) is 3. The molecule has 1 aliphatic carbocycles. The number of nitrogens with zero attached hydrogens (tertiary/aromatic N) is 2. The van der Waals surface area contributed by atoms with Crippen molar-refractivity contribution in [1.29, 1.82) is 0 Å². The molecule has 92 valence electrons. The molecule has 0 aromatic carbocycles. The summed E-state index contributed by atoms with van der Waals surface area (Å²) in [6.07, 6.45) is 4.53. The van der Waals surface area contributed by atoms with Gasteiger partial charge in [-0.15, -0.1) is 16.5 Å². The smallest absolute Gasteiger partial charge is 0.339 e. The molecule has 0 radical (unpaired) electrons. The number of carbonyl (C=O) groups excluding carboxylic acids is 1. The van der Waals surface area contributed by atoms with Crippen molar-refractivity contribution in [3.8, 4) is 0 Å². The maximum atomic E-state index is 11.6. The second-order valence-electron chi connectivity index (χ2n) is 4.23. The van der Waals surface area contributed by atoms with Gasteiger partial charge >= 0.3 is 6.03 Å². The van der Waals surface area contributed by atoms with E-state index in [0.717, 1.165) is 37.1 Å². The van der Waals surface area contributed by atoms with E-state index in [1.54, 1.807) is 0 Å². The SMILES string of the molecule is CNC(=O)N(N=O)C1(C(C)Cl)CCCCC1. The highest BCUT2D eigenvalue weighted by molar-refractivity contribution is 6.21. The minimum Gasteiger partial charge on any atom is -0.339 e. The van der Waals surface area contributed by atoms with Crippen LogP contribution in [0.3, 0.4) is 0 Å². The van der Waals surface area contributed by atoms with Crippen LogP contribution in [0.5, 0.6) is 0 Å². The molecule has 5 nitrogen and oxygen atoms in total. The van der Waals surface area contributed by atoms with Gasteiger partial charge in [-0.2, -0.15) is 5.01 Å². The van der Waals surface area contributed by atoms with Crippen LogP contribution in [0, 0.1) is 4.91 Å². The van der Waals surface area contributed by atoms with E-state index >= 15 is 0 Å². The van der Waals surface area contributed by atoms with Crippen molar-refractivity contribution in [3.05, 3.63) is 4.91 Å². The van der Waals surface area contributed by atoms with Crippen molar-refractivity contribution >= 4 is 17.6 Å². The van der Waals surface area contributed by atoms with Gasteiger partial charge in [0.2, 0.25) is 0 Å². The van der Waals surface area contributed by atoms with Crippen molar-refractivity contribution in [3.63, 3.8) is 0 Å². The minimum absolute atomic E-state index is 0.289. The van der Waals surface area contributed by atoms with Crippen LogP contribution in [0.15, 0.2) is 5.29 Å². The number of hydrogen-bond donors (Lipinski definition) is 1. The first-order valence-electron chi connectivity index (χ1n) is 5.58. The van der Waals surface area contributed by atoms with Crippen LogP contribution in [-0.4, -0.2) is 29.0 Å². The first-order valence-corrected chi connectivity index (χ1v) is 6.01. The summed E-state index contributed by atoms with van der Waals surface area (Å²) in [5.74, 6) is 0. The van der Waals surface area contributed by atoms with E-state index in [0.29, 0.717) is 0 Å². The molecule has 0 aromatic rings. The van der Waals surface area contributed by atoms with Crippen molar-refractivity contribution in [2.45, 2.75) is 49.9 Å². The molecule has 0 heterocycles. The number of carbonyl (C=O) groups is 1. The maximum absolute atomic E-state index is 11.6. The van der Waals surface area contributed by atoms with E-state index < -0.39 is 11.6 Å². The van der Waals surface area contributed by atoms with Crippen LogP contribution in [0.25, 0.3) is 0 Å². The lowest BCUT2D eigenvalue weighted by Crippen LogP contribution is -2.57. The molecule has 1 fully saturated rings. The minimum atomic E-state index is -0.623. The lowest BCUT2D eigenvalue weighted by molar-refractivity contribution is 0.0785. The highest BCUT2D eigenvalue weighted by Gasteiger charge is 2.45. The van der Waals surface area contributed by atoms with Crippen molar-refractivity contribution in [2.24, 2.45) is 5.29 Å². The number of halogens is 1. The van der Waals surface area contributed by atoms with E-state index in [9.17, 15) is 9.70 Å². The van der Waals surface area contributed by atoms with Crippen LogP contribution in [0.4, 0.5) is 4.79 Å². The molecule has 1 rings (SSSR count). The van der Waals surface area contributed by atoms with Gasteiger partial charge in [-0.1, -0.05) is 19.3 Å². The molecule has 0 aliphatic heterocycles. The van der Waals surface area contributed by atoms with E-state index in [1.165, 1.54) is 7.05 Å². The van der Waals surface area contributed by atoms with Gasteiger partial charge in [0, 0.05) is 7.05 Å². The normalized spacial score (nSPS) is 20.9. The summed E-state index contributed by atoms with van der Waals surface area (Å²) in [6, 6.07) is -0.482. The van der Waals surface area contributed by atoms with Crippen molar-refractivity contribution in [2.75, 3.05) is 7.05 Å². The number of nitroso groups, excluding NO2 is 1. The number of alkyl halides is 1. The first kappa shape index (κ1) is 13.2. The zero-order valence-corrected chi connectivity index (χ0v) is 10.5. The number of nitrogens with one attached hydrogen (secondary N) is 1. The molecule has 6 heteroatoms. The predicted molar refractivity (Wildman–Crippen MR) is 63.2 cm³/mol. The molecular weight excluding hydrogens is 230 g/mol. The topological polar surface area (TPSA) is 61.8 Å². The van der Waals surface area contributed by atoms with Crippen LogP contribution in [0.1, 0.15) is 39.0 Å². The Morgan fingerprint density at radius 3 is 2.38 bits per heavy atom. The van der Waals surface area contributed by atoms with Crippen LogP contribution in [0.2, 0.25) is 0 Å². The molecule has 2 amide bonds. The lowest BCUT2D eigenvalue weighted by Gasteiger charge is -2.43. The van der Waals surface area contributed by atoms with Gasteiger partial charge in [0.25, 0.3) is 0 Å². The summed E-state index contributed by atoms with van der Waals surface area (Å²) in [7, 11) is 1.48. The van der Waals surface area contributed by atoms with E-state index in [-0.39, 0.29) is 5.38 Å². The van der Waals surface area contributed by atoms with Gasteiger partial charge in [0.05, 0.1) is 16.2 Å². The Morgan fingerprint density at radius 1 is 1.44 bits per heavy atom. The van der Waals surface area contributed by atoms with Crippen molar-refractivity contribution in [1.82, 2.24) is 10.3 Å². The first-order chi connectivity index (χ1) is 7.58. The summed E-state index contributed by atoms with van der Waals surface area (Å²) >= 11 is 6.17. The molecular formula is C10H18ClN3O2. The lowest BCUT2D eigenvalue weighted by atomic mass is 9.79. The van der Waals surface area contributed by atoms with E-state index in [2.05, 4.69) is 10.6 Å². The molecule has 1 N–H and O–H groups in total. The molecule has 0 spiro atoms. The van der Waals surface area contributed by atoms with Crippen molar-refractivity contribution < 1.29 is 4.79 Å². The summed E-state index contributed by atoms with van der Waals surface area (Å²) in [5, 5.41) is 5.99. The second-order valence-corrected chi connectivity index (χ2v) is 4.88. The molecule has 0 saturated heterocycles. The highest BCUT2D eigenvalue weighted by Crippen LogP contribution is 2.39. The van der Waals surface area contributed by atoms with E-state index in [1.807, 2.05) is 6.92 Å². The Labute approximate surface area is 100 Å². The summed E-state index contributed by atoms with van der Waals surface area (Å²) in [6.45, 7) is 1.81. The third kappa shape index (κ3) is 2.29. The molecule has 1 saturated carbocycles. The molecule has 16 heavy (non-hydrogen) atoms. The number of urea groups is 1. The zero-order chi connectivity index (χ0) is 12.2. The van der Waals surface area contributed by atoms with Gasteiger partial charge in [-0.05, 0) is 19.8 Å².